The second kappa shape index (κ2) is 12.5. The average Bonchev–Trinajstić information content (AvgIpc) is 3.25. The molecule has 0 atom stereocenters. The molecule has 2 aromatic carbocycles. The van der Waals surface area contributed by atoms with E-state index in [2.05, 4.69) is 44.8 Å². The van der Waals surface area contributed by atoms with Crippen LogP contribution in [0.5, 0.6) is 0 Å². The van der Waals surface area contributed by atoms with Gasteiger partial charge in [0, 0.05) is 25.2 Å². The van der Waals surface area contributed by atoms with Crippen LogP contribution in [0.3, 0.4) is 0 Å². The molecule has 2 aromatic rings. The smallest absolute Gasteiger partial charge is 0.191 e. The summed E-state index contributed by atoms with van der Waals surface area (Å²) in [6, 6.07) is 15.0. The van der Waals surface area contributed by atoms with Gasteiger partial charge in [-0.2, -0.15) is 5.26 Å². The van der Waals surface area contributed by atoms with E-state index in [-0.39, 0.29) is 36.3 Å². The fraction of sp³-hybridized carbons (Fsp3) is 0.391. The maximum absolute atomic E-state index is 14.0. The first-order valence-corrected chi connectivity index (χ1v) is 10.2. The van der Waals surface area contributed by atoms with Crippen molar-refractivity contribution in [3.8, 4) is 6.07 Å². The minimum Gasteiger partial charge on any atom is -0.357 e. The number of nitrogens with zero attached hydrogens (tertiary/aromatic N) is 3. The number of hydrogen-bond donors (Lipinski definition) is 2. The van der Waals surface area contributed by atoms with E-state index in [1.54, 1.807) is 6.07 Å². The summed E-state index contributed by atoms with van der Waals surface area (Å²) in [6.45, 7) is 6.91. The molecule has 1 fully saturated rings. The summed E-state index contributed by atoms with van der Waals surface area (Å²) in [4.78, 5) is 7.09. The van der Waals surface area contributed by atoms with Gasteiger partial charge in [-0.05, 0) is 62.2 Å². The van der Waals surface area contributed by atoms with Crippen molar-refractivity contribution in [1.29, 1.82) is 5.26 Å². The third-order valence-electron chi connectivity index (χ3n) is 5.01. The molecule has 1 heterocycles. The van der Waals surface area contributed by atoms with Gasteiger partial charge in [0.2, 0.25) is 0 Å². The Morgan fingerprint density at radius 1 is 1.10 bits per heavy atom. The zero-order valence-corrected chi connectivity index (χ0v) is 19.7. The lowest BCUT2D eigenvalue weighted by Crippen LogP contribution is -2.37. The van der Waals surface area contributed by atoms with Crippen LogP contribution in [0.1, 0.15) is 42.0 Å². The number of rotatable bonds is 7. The zero-order chi connectivity index (χ0) is 20.5. The van der Waals surface area contributed by atoms with E-state index in [1.165, 1.54) is 43.6 Å². The van der Waals surface area contributed by atoms with Crippen LogP contribution in [-0.2, 0) is 19.6 Å². The molecule has 1 aliphatic rings. The fourth-order valence-electron chi connectivity index (χ4n) is 3.42. The minimum absolute atomic E-state index is 0. The molecule has 3 rings (SSSR count). The number of likely N-dealkylation sites (tertiary alicyclic amines) is 1. The summed E-state index contributed by atoms with van der Waals surface area (Å²) in [5.74, 6) is 0.288. The molecule has 0 radical (unpaired) electrons. The fourth-order valence-corrected chi connectivity index (χ4v) is 3.42. The molecule has 7 heteroatoms. The summed E-state index contributed by atoms with van der Waals surface area (Å²) < 4.78 is 14.0. The minimum atomic E-state index is -0.332. The highest BCUT2D eigenvalue weighted by atomic mass is 127. The SMILES string of the molecule is CCNC(=NCc1ccc(CN2CCCC2)cc1)NCc1cc(C#N)ccc1F.I. The average molecular weight is 521 g/mol. The molecule has 5 nitrogen and oxygen atoms in total. The third kappa shape index (κ3) is 7.26. The van der Waals surface area contributed by atoms with Gasteiger partial charge in [0.15, 0.2) is 5.96 Å². The van der Waals surface area contributed by atoms with Gasteiger partial charge in [-0.1, -0.05) is 24.3 Å². The van der Waals surface area contributed by atoms with E-state index in [1.807, 2.05) is 13.0 Å². The van der Waals surface area contributed by atoms with E-state index in [0.717, 1.165) is 12.1 Å². The Bertz CT molecular complexity index is 870. The number of halogens is 2. The maximum Gasteiger partial charge on any atom is 0.191 e. The van der Waals surface area contributed by atoms with Crippen molar-refractivity contribution in [3.05, 3.63) is 70.5 Å². The second-order valence-electron chi connectivity index (χ2n) is 7.27. The molecular weight excluding hydrogens is 492 g/mol. The number of nitrogens with one attached hydrogen (secondary N) is 2. The number of guanidine groups is 1. The molecule has 0 amide bonds. The van der Waals surface area contributed by atoms with Crippen molar-refractivity contribution in [1.82, 2.24) is 15.5 Å². The lowest BCUT2D eigenvalue weighted by molar-refractivity contribution is 0.331. The summed E-state index contributed by atoms with van der Waals surface area (Å²) in [5, 5.41) is 15.3. The van der Waals surface area contributed by atoms with Gasteiger partial charge in [-0.3, -0.25) is 4.90 Å². The predicted octanol–water partition coefficient (Wildman–Crippen LogP) is 4.17. The van der Waals surface area contributed by atoms with Gasteiger partial charge in [-0.25, -0.2) is 9.38 Å². The normalized spacial score (nSPS) is 14.1. The molecule has 0 aliphatic carbocycles. The van der Waals surface area contributed by atoms with Gasteiger partial charge in [-0.15, -0.1) is 24.0 Å². The second-order valence-corrected chi connectivity index (χ2v) is 7.27. The van der Waals surface area contributed by atoms with Crippen molar-refractivity contribution < 1.29 is 4.39 Å². The first-order valence-electron chi connectivity index (χ1n) is 10.2. The van der Waals surface area contributed by atoms with Gasteiger partial charge in [0.05, 0.1) is 18.2 Å². The van der Waals surface area contributed by atoms with Crippen molar-refractivity contribution >= 4 is 29.9 Å². The topological polar surface area (TPSA) is 63.5 Å². The summed E-state index contributed by atoms with van der Waals surface area (Å²) in [6.07, 6.45) is 2.61. The van der Waals surface area contributed by atoms with Gasteiger partial charge < -0.3 is 10.6 Å². The molecule has 0 spiro atoms. The number of benzene rings is 2. The Kier molecular flexibility index (Phi) is 10.0. The largest absolute Gasteiger partial charge is 0.357 e. The van der Waals surface area contributed by atoms with Gasteiger partial charge in [0.1, 0.15) is 5.82 Å². The molecule has 0 aromatic heterocycles. The molecule has 2 N–H and O–H groups in total. The van der Waals surface area contributed by atoms with Crippen LogP contribution in [0.25, 0.3) is 0 Å². The van der Waals surface area contributed by atoms with E-state index >= 15 is 0 Å². The van der Waals surface area contributed by atoms with Crippen molar-refractivity contribution in [2.45, 2.75) is 39.4 Å². The zero-order valence-electron chi connectivity index (χ0n) is 17.3. The molecule has 0 unspecified atom stereocenters. The van der Waals surface area contributed by atoms with Crippen LogP contribution in [-0.4, -0.2) is 30.5 Å². The van der Waals surface area contributed by atoms with E-state index in [9.17, 15) is 4.39 Å². The summed E-state index contributed by atoms with van der Waals surface area (Å²) >= 11 is 0. The van der Waals surface area contributed by atoms with E-state index in [0.29, 0.717) is 30.2 Å². The molecule has 160 valence electrons. The monoisotopic (exact) mass is 521 g/mol. The van der Waals surface area contributed by atoms with Crippen LogP contribution < -0.4 is 10.6 Å². The molecule has 30 heavy (non-hydrogen) atoms. The Balaban J connectivity index is 0.00000320. The number of nitriles is 1. The Morgan fingerprint density at radius 2 is 1.80 bits per heavy atom. The Hall–Kier alpha value is -2.18. The Labute approximate surface area is 195 Å². The maximum atomic E-state index is 14.0. The lowest BCUT2D eigenvalue weighted by atomic mass is 10.1. The van der Waals surface area contributed by atoms with E-state index in [4.69, 9.17) is 5.26 Å². The highest BCUT2D eigenvalue weighted by Crippen LogP contribution is 2.14. The first kappa shape index (κ1) is 24.1. The lowest BCUT2D eigenvalue weighted by Gasteiger charge is -2.14. The molecule has 1 saturated heterocycles. The standard InChI is InChI=1S/C23H28FN5.HI/c1-2-26-23(28-16-21-13-20(14-25)9-10-22(21)24)27-15-18-5-7-19(8-6-18)17-29-11-3-4-12-29;/h5-10,13H,2-4,11-12,15-17H2,1H3,(H2,26,27,28);1H. The molecular formula is C23H29FIN5. The van der Waals surface area contributed by atoms with Gasteiger partial charge >= 0.3 is 0 Å². The van der Waals surface area contributed by atoms with Crippen molar-refractivity contribution in [2.24, 2.45) is 4.99 Å². The quantitative estimate of drug-likeness (QED) is 0.326. The number of hydrogen-bond acceptors (Lipinski definition) is 3. The molecule has 0 bridgehead atoms. The summed E-state index contributed by atoms with van der Waals surface area (Å²) in [5.41, 5.74) is 3.35. The predicted molar refractivity (Wildman–Crippen MR) is 129 cm³/mol. The third-order valence-corrected chi connectivity index (χ3v) is 5.01. The van der Waals surface area contributed by atoms with Crippen LogP contribution in [0, 0.1) is 17.1 Å². The van der Waals surface area contributed by atoms with Crippen LogP contribution in [0.4, 0.5) is 4.39 Å². The van der Waals surface area contributed by atoms with E-state index < -0.39 is 0 Å². The Morgan fingerprint density at radius 3 is 2.47 bits per heavy atom. The number of aliphatic imine (C=N–C) groups is 1. The first-order chi connectivity index (χ1) is 14.2. The highest BCUT2D eigenvalue weighted by molar-refractivity contribution is 14.0. The highest BCUT2D eigenvalue weighted by Gasteiger charge is 2.11. The van der Waals surface area contributed by atoms with Crippen molar-refractivity contribution in [3.63, 3.8) is 0 Å². The molecule has 1 aliphatic heterocycles. The van der Waals surface area contributed by atoms with Crippen LogP contribution >= 0.6 is 24.0 Å². The van der Waals surface area contributed by atoms with Crippen molar-refractivity contribution in [2.75, 3.05) is 19.6 Å². The van der Waals surface area contributed by atoms with Gasteiger partial charge in [0.25, 0.3) is 0 Å². The van der Waals surface area contributed by atoms with Crippen LogP contribution in [0.15, 0.2) is 47.5 Å². The molecule has 0 saturated carbocycles. The summed E-state index contributed by atoms with van der Waals surface area (Å²) in [7, 11) is 0. The van der Waals surface area contributed by atoms with Crippen LogP contribution in [0.2, 0.25) is 0 Å².